The van der Waals surface area contributed by atoms with Gasteiger partial charge in [-0.15, -0.1) is 0 Å². The van der Waals surface area contributed by atoms with Crippen molar-refractivity contribution >= 4 is 15.7 Å². The summed E-state index contributed by atoms with van der Waals surface area (Å²) in [5.41, 5.74) is -6.03. The Morgan fingerprint density at radius 3 is 1.88 bits per heavy atom. The molecule has 2 aromatic rings. The van der Waals surface area contributed by atoms with Crippen LogP contribution in [0.1, 0.15) is 12.5 Å². The Morgan fingerprint density at radius 2 is 1.41 bits per heavy atom. The van der Waals surface area contributed by atoms with Crippen molar-refractivity contribution < 1.29 is 39.9 Å². The molecule has 0 aliphatic carbocycles. The second-order valence-electron chi connectivity index (χ2n) is 7.47. The average Bonchev–Trinajstić information content (AvgIpc) is 2.72. The second-order valence-corrected chi connectivity index (χ2v) is 9.41. The molecule has 1 aliphatic heterocycles. The zero-order valence-electron chi connectivity index (χ0n) is 16.7. The van der Waals surface area contributed by atoms with Gasteiger partial charge >= 0.3 is 12.4 Å². The first-order chi connectivity index (χ1) is 14.7. The van der Waals surface area contributed by atoms with Crippen LogP contribution in [0.25, 0.3) is 0 Å². The molecule has 176 valence electrons. The van der Waals surface area contributed by atoms with E-state index in [2.05, 4.69) is 0 Å². The highest BCUT2D eigenvalue weighted by Crippen LogP contribution is 2.50. The summed E-state index contributed by atoms with van der Waals surface area (Å²) in [6.07, 6.45) is -11.9. The number of nitrogens with zero attached hydrogens (tertiary/aromatic N) is 2. The Morgan fingerprint density at radius 1 is 0.875 bits per heavy atom. The largest absolute Gasteiger partial charge is 0.430 e. The number of piperazine rings is 1. The van der Waals surface area contributed by atoms with E-state index in [1.165, 1.54) is 16.4 Å². The Hall–Kier alpha value is -2.31. The molecule has 5 nitrogen and oxygen atoms in total. The molecule has 1 heterocycles. The number of benzene rings is 2. The lowest BCUT2D eigenvalue weighted by Crippen LogP contribution is -2.54. The van der Waals surface area contributed by atoms with Crippen LogP contribution in [0.3, 0.4) is 0 Å². The van der Waals surface area contributed by atoms with E-state index < -0.39 is 39.6 Å². The maximum absolute atomic E-state index is 13.1. The fourth-order valence-electron chi connectivity index (χ4n) is 3.65. The van der Waals surface area contributed by atoms with E-state index in [4.69, 9.17) is 0 Å². The number of halogens is 6. The lowest BCUT2D eigenvalue weighted by molar-refractivity contribution is -0.376. The number of rotatable bonds is 4. The lowest BCUT2D eigenvalue weighted by Gasteiger charge is -2.41. The first-order valence-electron chi connectivity index (χ1n) is 9.48. The van der Waals surface area contributed by atoms with Gasteiger partial charge in [0.15, 0.2) is 0 Å². The first-order valence-corrected chi connectivity index (χ1v) is 10.9. The standard InChI is InChI=1S/C20H20F6N2O3S/c1-14-13-27(32(30,31)17-5-3-2-4-6-17)11-12-28(14)16-9-7-15(8-10-16)18(29,19(21,22)23)20(24,25)26/h2-10,14,29H,11-13H2,1H3/t14-/m0/s1. The molecule has 3 rings (SSSR count). The van der Waals surface area contributed by atoms with Crippen molar-refractivity contribution in [1.82, 2.24) is 4.31 Å². The van der Waals surface area contributed by atoms with E-state index in [-0.39, 0.29) is 24.5 Å². The van der Waals surface area contributed by atoms with Crippen LogP contribution in [0.2, 0.25) is 0 Å². The van der Waals surface area contributed by atoms with E-state index in [1.807, 2.05) is 0 Å². The summed E-state index contributed by atoms with van der Waals surface area (Å²) in [7, 11) is -3.74. The van der Waals surface area contributed by atoms with E-state index in [9.17, 15) is 39.9 Å². The van der Waals surface area contributed by atoms with Crippen molar-refractivity contribution in [2.24, 2.45) is 0 Å². The highest BCUT2D eigenvalue weighted by Gasteiger charge is 2.71. The van der Waals surface area contributed by atoms with Crippen LogP contribution in [0, 0.1) is 0 Å². The van der Waals surface area contributed by atoms with Gasteiger partial charge in [-0.05, 0) is 31.2 Å². The van der Waals surface area contributed by atoms with Crippen LogP contribution in [-0.4, -0.2) is 55.9 Å². The fraction of sp³-hybridized carbons (Fsp3) is 0.400. The third-order valence-electron chi connectivity index (χ3n) is 5.41. The number of aliphatic hydroxyl groups is 1. The number of hydrogen-bond donors (Lipinski definition) is 1. The zero-order valence-corrected chi connectivity index (χ0v) is 17.5. The molecule has 32 heavy (non-hydrogen) atoms. The predicted molar refractivity (Wildman–Crippen MR) is 104 cm³/mol. The van der Waals surface area contributed by atoms with Crippen LogP contribution in [0.5, 0.6) is 0 Å². The quantitative estimate of drug-likeness (QED) is 0.672. The van der Waals surface area contributed by atoms with Gasteiger partial charge in [-0.3, -0.25) is 0 Å². The monoisotopic (exact) mass is 482 g/mol. The van der Waals surface area contributed by atoms with Crippen molar-refractivity contribution in [2.45, 2.75) is 35.8 Å². The highest BCUT2D eigenvalue weighted by atomic mass is 32.2. The Kier molecular flexibility index (Phi) is 6.26. The van der Waals surface area contributed by atoms with E-state index in [0.29, 0.717) is 17.8 Å². The summed E-state index contributed by atoms with van der Waals surface area (Å²) in [6.45, 7) is 2.03. The molecule has 1 atom stereocenters. The summed E-state index contributed by atoms with van der Waals surface area (Å²) < 4.78 is 105. The van der Waals surface area contributed by atoms with Crippen molar-refractivity contribution in [3.8, 4) is 0 Å². The van der Waals surface area contributed by atoms with E-state index in [1.54, 1.807) is 30.0 Å². The van der Waals surface area contributed by atoms with Crippen LogP contribution in [0.4, 0.5) is 32.0 Å². The fourth-order valence-corrected chi connectivity index (χ4v) is 5.18. The number of hydrogen-bond acceptors (Lipinski definition) is 4. The maximum Gasteiger partial charge on any atom is 0.430 e. The Bertz CT molecular complexity index is 1030. The molecule has 1 aliphatic rings. The van der Waals surface area contributed by atoms with Gasteiger partial charge in [0.25, 0.3) is 5.60 Å². The summed E-state index contributed by atoms with van der Waals surface area (Å²) in [5.74, 6) is 0. The minimum Gasteiger partial charge on any atom is -0.369 e. The number of anilines is 1. The third kappa shape index (κ3) is 4.18. The minimum absolute atomic E-state index is 0.0774. The van der Waals surface area contributed by atoms with Crippen molar-refractivity contribution in [3.05, 3.63) is 60.2 Å². The molecular formula is C20H20F6N2O3S. The van der Waals surface area contributed by atoms with Crippen LogP contribution in [-0.2, 0) is 15.6 Å². The molecular weight excluding hydrogens is 462 g/mol. The molecule has 0 spiro atoms. The van der Waals surface area contributed by atoms with Crippen molar-refractivity contribution in [2.75, 3.05) is 24.5 Å². The van der Waals surface area contributed by atoms with Gasteiger partial charge in [0.05, 0.1) is 4.90 Å². The second kappa shape index (κ2) is 8.23. The zero-order chi connectivity index (χ0) is 23.9. The first kappa shape index (κ1) is 24.3. The van der Waals surface area contributed by atoms with Crippen LogP contribution in [0.15, 0.2) is 59.5 Å². The smallest absolute Gasteiger partial charge is 0.369 e. The molecule has 1 saturated heterocycles. The van der Waals surface area contributed by atoms with Gasteiger partial charge in [0.2, 0.25) is 10.0 Å². The van der Waals surface area contributed by atoms with Gasteiger partial charge in [-0.1, -0.05) is 30.3 Å². The molecule has 1 N–H and O–H groups in total. The number of alkyl halides is 6. The predicted octanol–water partition coefficient (Wildman–Crippen LogP) is 3.90. The van der Waals surface area contributed by atoms with Crippen LogP contribution >= 0.6 is 0 Å². The summed E-state index contributed by atoms with van der Waals surface area (Å²) >= 11 is 0. The normalized spacial score (nSPS) is 19.2. The Labute approximate surface area is 180 Å². The highest BCUT2D eigenvalue weighted by molar-refractivity contribution is 7.89. The molecule has 0 saturated carbocycles. The summed E-state index contributed by atoms with van der Waals surface area (Å²) in [6, 6.07) is 10.7. The third-order valence-corrected chi connectivity index (χ3v) is 7.29. The van der Waals surface area contributed by atoms with E-state index >= 15 is 0 Å². The maximum atomic E-state index is 13.1. The van der Waals surface area contributed by atoms with Crippen molar-refractivity contribution in [3.63, 3.8) is 0 Å². The molecule has 0 bridgehead atoms. The molecule has 0 aromatic heterocycles. The molecule has 2 aromatic carbocycles. The Balaban J connectivity index is 1.81. The summed E-state index contributed by atoms with van der Waals surface area (Å²) in [4.78, 5) is 1.81. The van der Waals surface area contributed by atoms with E-state index in [0.717, 1.165) is 12.1 Å². The van der Waals surface area contributed by atoms with Gasteiger partial charge in [-0.2, -0.15) is 30.6 Å². The van der Waals surface area contributed by atoms with Gasteiger partial charge in [0, 0.05) is 36.9 Å². The summed E-state index contributed by atoms with van der Waals surface area (Å²) in [5, 5.41) is 9.50. The number of sulfonamides is 1. The lowest BCUT2D eigenvalue weighted by atomic mass is 9.92. The molecule has 0 unspecified atom stereocenters. The van der Waals surface area contributed by atoms with Crippen molar-refractivity contribution in [1.29, 1.82) is 0 Å². The minimum atomic E-state index is -5.96. The molecule has 12 heteroatoms. The molecule has 0 amide bonds. The van der Waals surface area contributed by atoms with Gasteiger partial charge < -0.3 is 10.0 Å². The molecule has 1 fully saturated rings. The average molecular weight is 482 g/mol. The van der Waals surface area contributed by atoms with Gasteiger partial charge in [0.1, 0.15) is 0 Å². The SMILES string of the molecule is C[C@H]1CN(S(=O)(=O)c2ccccc2)CCN1c1ccc(C(O)(C(F)(F)F)C(F)(F)F)cc1. The van der Waals surface area contributed by atoms with Gasteiger partial charge in [-0.25, -0.2) is 8.42 Å². The topological polar surface area (TPSA) is 60.9 Å². The molecule has 0 radical (unpaired) electrons. The van der Waals surface area contributed by atoms with Crippen LogP contribution < -0.4 is 4.90 Å².